The van der Waals surface area contributed by atoms with E-state index < -0.39 is 12.2 Å². The molecule has 0 radical (unpaired) electrons. The van der Waals surface area contributed by atoms with Gasteiger partial charge in [-0.2, -0.15) is 0 Å². The molecule has 13 rings (SSSR count). The molecule has 5 fully saturated rings. The number of H-pyrrole nitrogens is 1. The number of aromatic amines is 1. The highest BCUT2D eigenvalue weighted by molar-refractivity contribution is 8.76. The lowest BCUT2D eigenvalue weighted by molar-refractivity contribution is -0.00529. The number of nitrogens with zero attached hydrogens (tertiary/aromatic N) is 1. The highest BCUT2D eigenvalue weighted by atomic mass is 33.1. The molecule has 13 nitrogen and oxygen atoms in total. The van der Waals surface area contributed by atoms with Crippen molar-refractivity contribution < 1.29 is 34.7 Å². The summed E-state index contributed by atoms with van der Waals surface area (Å²) < 4.78 is 12.9. The lowest BCUT2D eigenvalue weighted by Gasteiger charge is -2.56. The summed E-state index contributed by atoms with van der Waals surface area (Å²) in [6, 6.07) is 10.2. The summed E-state index contributed by atoms with van der Waals surface area (Å²) in [5, 5.41) is 61.5. The van der Waals surface area contributed by atoms with Gasteiger partial charge in [-0.1, -0.05) is 78.1 Å². The molecule has 16 unspecified atom stereocenters. The standard InChI is InChI=1S/C63H92N6O7S2/c1-37(72)32-67-50(8-7-25-70)58-45-31-51(68-59(45)46-18-24-63(58)21-6-9-57(63)62(46)19-4-5-20-62)54(74)34-75-56-27-39(11-14-53(56)73)10-13-44-28-43(33-71)55(76-44)15-12-40-16-22-61-23-17-41-29-47(61)42(26-40)30-49(64)48(61)35-77-78-36-52(38(41)2)69-60(65)66-3/h11,14,17-18,23-24,27-28,31,37-38,40-42,46-50,52,54,57-58,67-68,70-74H,4-10,12-13,15-16,19-22,25-26,29-30,32-36,64H2,1-3H3,(H3,65,66,69). The number of aliphatic hydroxyl groups excluding tert-OH is 4. The van der Waals surface area contributed by atoms with Crippen molar-refractivity contribution in [2.24, 2.45) is 74.1 Å². The van der Waals surface area contributed by atoms with Gasteiger partial charge >= 0.3 is 0 Å². The molecule has 7 bridgehead atoms. The fourth-order valence-electron chi connectivity index (χ4n) is 18.0. The molecule has 4 heterocycles. The second-order valence-corrected chi connectivity index (χ2v) is 28.3. The maximum atomic E-state index is 12.0. The minimum absolute atomic E-state index is 0.0229. The molecule has 3 spiro atoms. The van der Waals surface area contributed by atoms with Crippen LogP contribution >= 0.6 is 21.6 Å². The van der Waals surface area contributed by atoms with Crippen LogP contribution in [0.3, 0.4) is 0 Å². The number of nitrogens with one attached hydrogen (secondary N) is 3. The van der Waals surface area contributed by atoms with Crippen LogP contribution in [0.2, 0.25) is 0 Å². The first-order valence-corrected chi connectivity index (χ1v) is 32.7. The average Bonchev–Trinajstić information content (AvgIpc) is 4.00. The predicted molar refractivity (Wildman–Crippen MR) is 313 cm³/mol. The Kier molecular flexibility index (Phi) is 17.2. The van der Waals surface area contributed by atoms with E-state index in [1.807, 2.05) is 46.7 Å². The van der Waals surface area contributed by atoms with E-state index in [0.717, 1.165) is 72.0 Å². The number of rotatable bonds is 19. The van der Waals surface area contributed by atoms with Crippen LogP contribution in [0.15, 0.2) is 64.0 Å². The Bertz CT molecular complexity index is 2630. The third kappa shape index (κ3) is 10.7. The normalized spacial score (nSPS) is 34.9. The number of aromatic nitrogens is 1. The number of furan rings is 1. The molecule has 4 saturated carbocycles. The van der Waals surface area contributed by atoms with E-state index in [4.69, 9.17) is 20.6 Å². The summed E-state index contributed by atoms with van der Waals surface area (Å²) >= 11 is 0. The van der Waals surface area contributed by atoms with Crippen molar-refractivity contribution in [3.05, 3.63) is 94.2 Å². The maximum Gasteiger partial charge on any atom is 0.188 e. The number of phenolic OH excluding ortho intramolecular Hbond substituents is 1. The number of aromatic hydroxyl groups is 1. The van der Waals surface area contributed by atoms with Gasteiger partial charge in [-0.3, -0.25) is 4.99 Å². The van der Waals surface area contributed by atoms with E-state index in [9.17, 15) is 25.5 Å². The summed E-state index contributed by atoms with van der Waals surface area (Å²) in [5.41, 5.74) is 18.7. The number of aliphatic imine (C=N–C) groups is 1. The van der Waals surface area contributed by atoms with Crippen molar-refractivity contribution in [3.63, 3.8) is 0 Å². The summed E-state index contributed by atoms with van der Waals surface area (Å²) in [6.45, 7) is 4.72. The van der Waals surface area contributed by atoms with E-state index in [2.05, 4.69) is 57.9 Å². The molecular weight excluding hydrogens is 1020 g/mol. The molecule has 78 heavy (non-hydrogen) atoms. The van der Waals surface area contributed by atoms with Crippen LogP contribution in [-0.2, 0) is 25.9 Å². The molecule has 2 aromatic heterocycles. The second-order valence-electron chi connectivity index (χ2n) is 25.8. The Hall–Kier alpha value is -3.41. The minimum atomic E-state index is -0.964. The van der Waals surface area contributed by atoms with E-state index in [1.165, 1.54) is 75.5 Å². The van der Waals surface area contributed by atoms with Crippen molar-refractivity contribution in [2.45, 2.75) is 178 Å². The largest absolute Gasteiger partial charge is 0.504 e. The van der Waals surface area contributed by atoms with Gasteiger partial charge in [-0.15, -0.1) is 0 Å². The number of fused-ring (bicyclic) bond motifs is 5. The molecule has 1 aromatic carbocycles. The lowest BCUT2D eigenvalue weighted by Crippen LogP contribution is -2.56. The molecule has 8 aliphatic carbocycles. The molecule has 428 valence electrons. The van der Waals surface area contributed by atoms with Crippen LogP contribution in [0.25, 0.3) is 0 Å². The van der Waals surface area contributed by atoms with Crippen molar-refractivity contribution in [3.8, 4) is 11.5 Å². The SMILES string of the molecule is CN=C(N)NC1CSSCC2C(N)CC3CC(CCc4oc(CCc5ccc(O)c(OCC(O)c6cc7c([nH]6)C6C=CC8(CCCC8C68CCCC8)C7C(CCCO)NCC(C)O)c5)cc4CO)CCC24C=CC(CC34)C1C. The summed E-state index contributed by atoms with van der Waals surface area (Å²) in [5.74, 6) is 8.72. The molecule has 15 heteroatoms. The van der Waals surface area contributed by atoms with Gasteiger partial charge in [-0.25, -0.2) is 0 Å². The molecule has 3 aromatic rings. The number of benzene rings is 1. The van der Waals surface area contributed by atoms with Gasteiger partial charge in [0.15, 0.2) is 17.5 Å². The van der Waals surface area contributed by atoms with Crippen LogP contribution < -0.4 is 26.8 Å². The second kappa shape index (κ2) is 23.8. The van der Waals surface area contributed by atoms with E-state index in [1.54, 1.807) is 13.1 Å². The minimum Gasteiger partial charge on any atom is -0.504 e. The molecule has 16 atom stereocenters. The third-order valence-corrected chi connectivity index (χ3v) is 24.2. The summed E-state index contributed by atoms with van der Waals surface area (Å²) in [4.78, 5) is 8.05. The van der Waals surface area contributed by atoms with Gasteiger partial charge in [-0.05, 0) is 178 Å². The molecule has 12 N–H and O–H groups in total. The smallest absolute Gasteiger partial charge is 0.188 e. The molecule has 0 amide bonds. The predicted octanol–water partition coefficient (Wildman–Crippen LogP) is 9.72. The zero-order chi connectivity index (χ0) is 54.3. The van der Waals surface area contributed by atoms with Crippen LogP contribution in [-0.4, -0.2) is 99.0 Å². The number of phenols is 1. The molecular formula is C63H92N6O7S2. The Balaban J connectivity index is 0.745. The van der Waals surface area contributed by atoms with E-state index in [-0.39, 0.29) is 71.8 Å². The van der Waals surface area contributed by atoms with Crippen LogP contribution in [0.4, 0.5) is 0 Å². The number of nitrogens with two attached hydrogens (primary N) is 2. The van der Waals surface area contributed by atoms with Gasteiger partial charge in [0.1, 0.15) is 24.2 Å². The molecule has 1 saturated heterocycles. The van der Waals surface area contributed by atoms with Crippen molar-refractivity contribution in [2.75, 3.05) is 38.3 Å². The topological polar surface area (TPSA) is 228 Å². The number of allylic oxidation sites excluding steroid dienone is 4. The lowest BCUT2D eigenvalue weighted by atomic mass is 9.50. The van der Waals surface area contributed by atoms with Crippen LogP contribution in [0.1, 0.15) is 168 Å². The van der Waals surface area contributed by atoms with E-state index in [0.29, 0.717) is 78.9 Å². The average molecular weight is 1110 g/mol. The number of guanidine groups is 1. The van der Waals surface area contributed by atoms with Crippen molar-refractivity contribution in [1.29, 1.82) is 0 Å². The quantitative estimate of drug-likeness (QED) is 0.0234. The number of ether oxygens (including phenoxy) is 1. The molecule has 10 aliphatic rings. The number of aryl methyl sites for hydroxylation is 3. The third-order valence-electron chi connectivity index (χ3n) is 21.7. The van der Waals surface area contributed by atoms with Gasteiger partial charge in [0.25, 0.3) is 0 Å². The highest BCUT2D eigenvalue weighted by Crippen LogP contribution is 2.73. The first-order valence-electron chi connectivity index (χ1n) is 30.3. The van der Waals surface area contributed by atoms with Crippen molar-refractivity contribution in [1.82, 2.24) is 15.6 Å². The maximum absolute atomic E-state index is 12.0. The van der Waals surface area contributed by atoms with E-state index >= 15 is 0 Å². The first-order chi connectivity index (χ1) is 37.8. The summed E-state index contributed by atoms with van der Waals surface area (Å²) in [7, 11) is 5.71. The van der Waals surface area contributed by atoms with Gasteiger partial charge in [0, 0.05) is 96.9 Å². The van der Waals surface area contributed by atoms with Crippen LogP contribution in [0, 0.1) is 57.7 Å². The number of hydrogen-bond donors (Lipinski definition) is 10. The Morgan fingerprint density at radius 3 is 2.56 bits per heavy atom. The van der Waals surface area contributed by atoms with Crippen LogP contribution in [0.5, 0.6) is 11.5 Å². The number of hydrogen-bond acceptors (Lipinski definition) is 12. The fourth-order valence-corrected chi connectivity index (χ4v) is 20.9. The zero-order valence-electron chi connectivity index (χ0n) is 46.7. The summed E-state index contributed by atoms with van der Waals surface area (Å²) in [6.07, 6.45) is 27.7. The highest BCUT2D eigenvalue weighted by Gasteiger charge is 2.65. The van der Waals surface area contributed by atoms with Gasteiger partial charge in [0.2, 0.25) is 0 Å². The Morgan fingerprint density at radius 1 is 0.949 bits per heavy atom. The monoisotopic (exact) mass is 1110 g/mol. The molecule has 2 aliphatic heterocycles. The fraction of sp³-hybridized carbons (Fsp3) is 0.698. The van der Waals surface area contributed by atoms with Crippen molar-refractivity contribution >= 4 is 27.5 Å². The first kappa shape index (κ1) is 56.5. The Labute approximate surface area is 471 Å². The van der Waals surface area contributed by atoms with Gasteiger partial charge in [0.05, 0.1) is 12.7 Å². The Morgan fingerprint density at radius 2 is 1.77 bits per heavy atom. The number of aliphatic hydroxyl groups is 4. The zero-order valence-corrected chi connectivity index (χ0v) is 48.4. The van der Waals surface area contributed by atoms with Gasteiger partial charge < -0.3 is 61.8 Å².